The third-order valence-corrected chi connectivity index (χ3v) is 7.02. The van der Waals surface area contributed by atoms with E-state index in [1.807, 2.05) is 6.92 Å². The van der Waals surface area contributed by atoms with Gasteiger partial charge in [-0.25, -0.2) is 4.79 Å². The van der Waals surface area contributed by atoms with Crippen LogP contribution in [0.15, 0.2) is 67.0 Å². The molecule has 3 N–H and O–H groups in total. The number of hydrogen-bond acceptors (Lipinski definition) is 7. The lowest BCUT2D eigenvalue weighted by Gasteiger charge is -2.38. The number of aliphatic hydroxyl groups is 1. The quantitative estimate of drug-likeness (QED) is 0.382. The van der Waals surface area contributed by atoms with Crippen LogP contribution in [0.3, 0.4) is 0 Å². The number of carbonyl (C=O) groups is 3. The van der Waals surface area contributed by atoms with E-state index >= 15 is 0 Å². The summed E-state index contributed by atoms with van der Waals surface area (Å²) in [7, 11) is 3.23. The molecule has 0 aliphatic carbocycles. The average molecular weight is 562 g/mol. The van der Waals surface area contributed by atoms with Crippen molar-refractivity contribution in [1.82, 2.24) is 14.8 Å². The highest BCUT2D eigenvalue weighted by Crippen LogP contribution is 2.35. The fourth-order valence-corrected chi connectivity index (χ4v) is 4.50. The summed E-state index contributed by atoms with van der Waals surface area (Å²) in [6, 6.07) is 14.3. The number of ether oxygens (including phenoxy) is 2. The molecule has 11 nitrogen and oxygen atoms in total. The lowest BCUT2D eigenvalue weighted by molar-refractivity contribution is 0.0372. The Bertz CT molecular complexity index is 1370. The molecule has 4 rings (SSSR count). The molecule has 0 saturated carbocycles. The fourth-order valence-electron chi connectivity index (χ4n) is 4.50. The van der Waals surface area contributed by atoms with E-state index in [-0.39, 0.29) is 48.2 Å². The van der Waals surface area contributed by atoms with Crippen LogP contribution in [0.1, 0.15) is 34.6 Å². The number of methoxy groups -OCH3 is 1. The molecule has 41 heavy (non-hydrogen) atoms. The predicted molar refractivity (Wildman–Crippen MR) is 154 cm³/mol. The van der Waals surface area contributed by atoms with Crippen LogP contribution in [0.4, 0.5) is 16.2 Å². The summed E-state index contributed by atoms with van der Waals surface area (Å²) in [5, 5.41) is 15.6. The SMILES string of the molecule is COc1ccc(NC(=O)N(C)C[C@H]2Oc3c(NC(=O)c4ccncc4)cccc3C(=O)N([C@@H](C)CO)C[C@H]2C)cc1. The van der Waals surface area contributed by atoms with Crippen LogP contribution in [-0.2, 0) is 0 Å². The van der Waals surface area contributed by atoms with E-state index in [1.54, 1.807) is 80.6 Å². The van der Waals surface area contributed by atoms with Crippen molar-refractivity contribution in [2.24, 2.45) is 5.92 Å². The highest BCUT2D eigenvalue weighted by molar-refractivity contribution is 6.07. The molecule has 0 radical (unpaired) electrons. The maximum atomic E-state index is 13.7. The largest absolute Gasteiger partial charge is 0.497 e. The number of hydrogen-bond donors (Lipinski definition) is 3. The topological polar surface area (TPSA) is 133 Å². The number of fused-ring (bicyclic) bond motifs is 1. The first-order chi connectivity index (χ1) is 19.7. The third-order valence-electron chi connectivity index (χ3n) is 7.02. The minimum absolute atomic E-state index is 0.185. The first-order valence-corrected chi connectivity index (χ1v) is 13.3. The Morgan fingerprint density at radius 1 is 1.15 bits per heavy atom. The number of aliphatic hydroxyl groups excluding tert-OH is 1. The molecule has 0 bridgehead atoms. The maximum absolute atomic E-state index is 13.7. The Kier molecular flexibility index (Phi) is 9.41. The molecule has 4 amide bonds. The molecule has 3 aromatic rings. The van der Waals surface area contributed by atoms with Gasteiger partial charge in [0.2, 0.25) is 0 Å². The van der Waals surface area contributed by atoms with Gasteiger partial charge in [0, 0.05) is 43.2 Å². The van der Waals surface area contributed by atoms with Crippen LogP contribution in [-0.4, -0.2) is 83.7 Å². The lowest BCUT2D eigenvalue weighted by atomic mass is 9.99. The molecule has 0 fully saturated rings. The number of aromatic nitrogens is 1. The highest BCUT2D eigenvalue weighted by Gasteiger charge is 2.35. The Morgan fingerprint density at radius 2 is 1.85 bits per heavy atom. The van der Waals surface area contributed by atoms with Crippen LogP contribution >= 0.6 is 0 Å². The number of para-hydroxylation sites is 1. The molecular formula is C30H35N5O6. The van der Waals surface area contributed by atoms with Crippen molar-refractivity contribution in [3.63, 3.8) is 0 Å². The fraction of sp³-hybridized carbons (Fsp3) is 0.333. The zero-order valence-electron chi connectivity index (χ0n) is 23.5. The normalized spacial score (nSPS) is 17.3. The number of pyridine rings is 1. The lowest BCUT2D eigenvalue weighted by Crippen LogP contribution is -2.50. The van der Waals surface area contributed by atoms with E-state index in [2.05, 4.69) is 15.6 Å². The van der Waals surface area contributed by atoms with Gasteiger partial charge in [-0.2, -0.15) is 0 Å². The molecule has 216 valence electrons. The highest BCUT2D eigenvalue weighted by atomic mass is 16.5. The third kappa shape index (κ3) is 6.93. The van der Waals surface area contributed by atoms with E-state index in [1.165, 1.54) is 17.3 Å². The van der Waals surface area contributed by atoms with Crippen LogP contribution in [0.2, 0.25) is 0 Å². The number of carbonyl (C=O) groups excluding carboxylic acids is 3. The van der Waals surface area contributed by atoms with Gasteiger partial charge in [0.1, 0.15) is 11.9 Å². The van der Waals surface area contributed by atoms with Gasteiger partial charge < -0.3 is 35.0 Å². The monoisotopic (exact) mass is 561 g/mol. The number of likely N-dealkylation sites (N-methyl/N-ethyl adjacent to an activating group) is 1. The molecule has 1 aliphatic rings. The van der Waals surface area contributed by atoms with Gasteiger partial charge in [-0.3, -0.25) is 14.6 Å². The molecule has 0 saturated heterocycles. The van der Waals surface area contributed by atoms with Crippen LogP contribution in [0.25, 0.3) is 0 Å². The number of anilines is 2. The van der Waals surface area contributed by atoms with Gasteiger partial charge in [-0.05, 0) is 55.5 Å². The van der Waals surface area contributed by atoms with Crippen molar-refractivity contribution in [3.05, 3.63) is 78.1 Å². The minimum Gasteiger partial charge on any atom is -0.497 e. The van der Waals surface area contributed by atoms with Crippen LogP contribution < -0.4 is 20.1 Å². The molecule has 2 heterocycles. The molecule has 1 aromatic heterocycles. The van der Waals surface area contributed by atoms with E-state index in [9.17, 15) is 19.5 Å². The van der Waals surface area contributed by atoms with Gasteiger partial charge in [-0.15, -0.1) is 0 Å². The Labute approximate surface area is 239 Å². The minimum atomic E-state index is -0.555. The molecule has 0 spiro atoms. The summed E-state index contributed by atoms with van der Waals surface area (Å²) in [6.07, 6.45) is 2.48. The Hall–Kier alpha value is -4.64. The molecule has 3 atom stereocenters. The first kappa shape index (κ1) is 29.3. The van der Waals surface area contributed by atoms with E-state index in [0.29, 0.717) is 29.2 Å². The van der Waals surface area contributed by atoms with Crippen LogP contribution in [0, 0.1) is 5.92 Å². The number of amides is 4. The molecule has 11 heteroatoms. The zero-order chi connectivity index (χ0) is 29.5. The summed E-state index contributed by atoms with van der Waals surface area (Å²) in [5.74, 6) is -0.0656. The second-order valence-electron chi connectivity index (χ2n) is 10.0. The van der Waals surface area contributed by atoms with E-state index in [0.717, 1.165) is 0 Å². The van der Waals surface area contributed by atoms with Crippen molar-refractivity contribution in [2.45, 2.75) is 26.0 Å². The number of nitrogens with zero attached hydrogens (tertiary/aromatic N) is 3. The predicted octanol–water partition coefficient (Wildman–Crippen LogP) is 3.73. The summed E-state index contributed by atoms with van der Waals surface area (Å²) in [4.78, 5) is 46.8. The summed E-state index contributed by atoms with van der Waals surface area (Å²) < 4.78 is 11.6. The standard InChI is InChI=1S/C30H35N5O6/c1-19-16-35(20(2)18-36)29(38)24-6-5-7-25(33-28(37)21-12-14-31-15-13-21)27(24)41-26(19)17-34(3)30(39)32-22-8-10-23(40-4)11-9-22/h5-15,19-20,26,36H,16-18H2,1-4H3,(H,32,39)(H,33,37)/t19-,20+,26-/m1/s1. The molecule has 1 aliphatic heterocycles. The Morgan fingerprint density at radius 3 is 2.51 bits per heavy atom. The van der Waals surface area contributed by atoms with Crippen LogP contribution in [0.5, 0.6) is 11.5 Å². The second kappa shape index (κ2) is 13.1. The first-order valence-electron chi connectivity index (χ1n) is 13.3. The summed E-state index contributed by atoms with van der Waals surface area (Å²) >= 11 is 0. The van der Waals surface area contributed by atoms with Crippen molar-refractivity contribution in [2.75, 3.05) is 44.5 Å². The van der Waals surface area contributed by atoms with Gasteiger partial charge in [0.25, 0.3) is 11.8 Å². The van der Waals surface area contributed by atoms with Gasteiger partial charge in [-0.1, -0.05) is 13.0 Å². The van der Waals surface area contributed by atoms with Gasteiger partial charge >= 0.3 is 6.03 Å². The van der Waals surface area contributed by atoms with Gasteiger partial charge in [0.05, 0.1) is 37.6 Å². The van der Waals surface area contributed by atoms with Crippen molar-refractivity contribution in [1.29, 1.82) is 0 Å². The van der Waals surface area contributed by atoms with E-state index in [4.69, 9.17) is 9.47 Å². The second-order valence-corrected chi connectivity index (χ2v) is 10.0. The molecular weight excluding hydrogens is 526 g/mol. The van der Waals surface area contributed by atoms with Crippen molar-refractivity contribution >= 4 is 29.2 Å². The zero-order valence-corrected chi connectivity index (χ0v) is 23.5. The maximum Gasteiger partial charge on any atom is 0.321 e. The average Bonchev–Trinajstić information content (AvgIpc) is 2.99. The van der Waals surface area contributed by atoms with E-state index < -0.39 is 12.1 Å². The number of benzene rings is 2. The number of rotatable bonds is 8. The summed E-state index contributed by atoms with van der Waals surface area (Å²) in [5.41, 5.74) is 1.57. The Balaban J connectivity index is 1.62. The molecule has 2 aromatic carbocycles. The molecule has 0 unspecified atom stereocenters. The van der Waals surface area contributed by atoms with Crippen molar-refractivity contribution in [3.8, 4) is 11.5 Å². The summed E-state index contributed by atoms with van der Waals surface area (Å²) in [6.45, 7) is 3.96. The smallest absolute Gasteiger partial charge is 0.321 e. The van der Waals surface area contributed by atoms with Gasteiger partial charge in [0.15, 0.2) is 5.75 Å². The number of urea groups is 1. The number of nitrogens with one attached hydrogen (secondary N) is 2. The van der Waals surface area contributed by atoms with Crippen molar-refractivity contribution < 1.29 is 29.0 Å².